The molecule has 0 aliphatic heterocycles. The number of hydrazone groups is 1. The number of rotatable bonds is 6. The number of aromatic nitrogens is 1. The molecule has 176 valence electrons. The van der Waals surface area contributed by atoms with Crippen molar-refractivity contribution in [2.45, 2.75) is 0 Å². The Morgan fingerprint density at radius 2 is 1.64 bits per heavy atom. The SMILES string of the molecule is COC(=O)c1ccc(-c2ccc(/C=N\NC(=O)c3cc(-c4ccccc4)nc4ccccc34)o2)cc1. The summed E-state index contributed by atoms with van der Waals surface area (Å²) >= 11 is 0. The van der Waals surface area contributed by atoms with Crippen molar-refractivity contribution in [3.63, 3.8) is 0 Å². The van der Waals surface area contributed by atoms with Crippen LogP contribution in [0.5, 0.6) is 0 Å². The van der Waals surface area contributed by atoms with E-state index in [1.54, 1.807) is 42.5 Å². The summed E-state index contributed by atoms with van der Waals surface area (Å²) in [5.74, 6) is 0.313. The number of fused-ring (bicyclic) bond motifs is 1. The highest BCUT2D eigenvalue weighted by Crippen LogP contribution is 2.25. The van der Waals surface area contributed by atoms with Gasteiger partial charge in [-0.25, -0.2) is 15.2 Å². The predicted molar refractivity (Wildman–Crippen MR) is 138 cm³/mol. The van der Waals surface area contributed by atoms with Crippen LogP contribution in [0.2, 0.25) is 0 Å². The minimum absolute atomic E-state index is 0.354. The van der Waals surface area contributed by atoms with Crippen LogP contribution in [0.25, 0.3) is 33.5 Å². The highest BCUT2D eigenvalue weighted by atomic mass is 16.5. The summed E-state index contributed by atoms with van der Waals surface area (Å²) in [4.78, 5) is 29.4. The lowest BCUT2D eigenvalue weighted by atomic mass is 10.0. The molecule has 2 aromatic heterocycles. The van der Waals surface area contributed by atoms with Gasteiger partial charge in [-0.15, -0.1) is 0 Å². The Kier molecular flexibility index (Phi) is 6.36. The summed E-state index contributed by atoms with van der Waals surface area (Å²) in [6.45, 7) is 0. The average molecular weight is 476 g/mol. The fraction of sp³-hybridized carbons (Fsp3) is 0.0345. The third-order valence-electron chi connectivity index (χ3n) is 5.61. The van der Waals surface area contributed by atoms with Crippen LogP contribution in [0.3, 0.4) is 0 Å². The van der Waals surface area contributed by atoms with Gasteiger partial charge in [0.25, 0.3) is 5.91 Å². The quantitative estimate of drug-likeness (QED) is 0.193. The molecule has 0 saturated carbocycles. The number of benzene rings is 3. The molecular formula is C29H21N3O4. The lowest BCUT2D eigenvalue weighted by Crippen LogP contribution is -2.18. The molecule has 1 amide bonds. The number of methoxy groups -OCH3 is 1. The number of amides is 1. The van der Waals surface area contributed by atoms with E-state index in [0.29, 0.717) is 28.3 Å². The van der Waals surface area contributed by atoms with Gasteiger partial charge in [-0.1, -0.05) is 60.7 Å². The average Bonchev–Trinajstić information content (AvgIpc) is 3.41. The van der Waals surface area contributed by atoms with Crippen molar-refractivity contribution in [3.05, 3.63) is 114 Å². The first-order valence-electron chi connectivity index (χ1n) is 11.2. The molecule has 1 N–H and O–H groups in total. The van der Waals surface area contributed by atoms with Gasteiger partial charge >= 0.3 is 5.97 Å². The number of nitrogens with zero attached hydrogens (tertiary/aromatic N) is 2. The van der Waals surface area contributed by atoms with E-state index in [2.05, 4.69) is 10.5 Å². The molecule has 0 aliphatic carbocycles. The molecule has 7 nitrogen and oxygen atoms in total. The topological polar surface area (TPSA) is 93.8 Å². The summed E-state index contributed by atoms with van der Waals surface area (Å²) in [5, 5.41) is 4.82. The molecule has 2 heterocycles. The van der Waals surface area contributed by atoms with Crippen LogP contribution in [-0.4, -0.2) is 30.2 Å². The summed E-state index contributed by atoms with van der Waals surface area (Å²) in [7, 11) is 1.34. The van der Waals surface area contributed by atoms with Gasteiger partial charge in [0, 0.05) is 16.5 Å². The number of hydrogen-bond acceptors (Lipinski definition) is 6. The standard InChI is InChI=1S/C29H21N3O4/c1-35-29(34)21-13-11-20(12-14-21)27-16-15-22(36-27)18-30-32-28(33)24-17-26(19-7-3-2-4-8-19)31-25-10-6-5-9-23(24)25/h2-18H,1H3,(H,32,33)/b30-18-. The zero-order chi connectivity index (χ0) is 24.9. The van der Waals surface area contributed by atoms with Gasteiger partial charge in [-0.05, 0) is 36.4 Å². The van der Waals surface area contributed by atoms with E-state index in [9.17, 15) is 9.59 Å². The maximum absolute atomic E-state index is 13.0. The van der Waals surface area contributed by atoms with Crippen LogP contribution in [0.1, 0.15) is 26.5 Å². The first-order chi connectivity index (χ1) is 17.6. The van der Waals surface area contributed by atoms with Crippen molar-refractivity contribution in [1.82, 2.24) is 10.4 Å². The molecule has 7 heteroatoms. The van der Waals surface area contributed by atoms with E-state index < -0.39 is 5.97 Å². The molecule has 36 heavy (non-hydrogen) atoms. The number of nitrogens with one attached hydrogen (secondary N) is 1. The summed E-state index contributed by atoms with van der Waals surface area (Å²) in [5.41, 5.74) is 6.66. The highest BCUT2D eigenvalue weighted by Gasteiger charge is 2.14. The Morgan fingerprint density at radius 3 is 2.42 bits per heavy atom. The zero-order valence-corrected chi connectivity index (χ0v) is 19.3. The fourth-order valence-corrected chi connectivity index (χ4v) is 3.80. The third-order valence-corrected chi connectivity index (χ3v) is 5.61. The fourth-order valence-electron chi connectivity index (χ4n) is 3.80. The van der Waals surface area contributed by atoms with E-state index in [0.717, 1.165) is 22.0 Å². The second kappa shape index (κ2) is 10.1. The lowest BCUT2D eigenvalue weighted by Gasteiger charge is -2.09. The molecule has 0 radical (unpaired) electrons. The summed E-state index contributed by atoms with van der Waals surface area (Å²) < 4.78 is 10.5. The highest BCUT2D eigenvalue weighted by molar-refractivity contribution is 6.07. The largest absolute Gasteiger partial charge is 0.465 e. The van der Waals surface area contributed by atoms with Gasteiger partial charge in [0.15, 0.2) is 0 Å². The number of carbonyl (C=O) groups excluding carboxylic acids is 2. The number of pyridine rings is 1. The Balaban J connectivity index is 1.34. The van der Waals surface area contributed by atoms with Gasteiger partial charge in [0.1, 0.15) is 11.5 Å². The molecular weight excluding hydrogens is 454 g/mol. The van der Waals surface area contributed by atoms with Crippen molar-refractivity contribution in [1.29, 1.82) is 0 Å². The minimum atomic E-state index is -0.401. The Morgan fingerprint density at radius 1 is 0.889 bits per heavy atom. The molecule has 5 aromatic rings. The van der Waals surface area contributed by atoms with Crippen LogP contribution in [0.4, 0.5) is 0 Å². The Bertz CT molecular complexity index is 1570. The minimum Gasteiger partial charge on any atom is -0.465 e. The first kappa shape index (κ1) is 22.7. The van der Waals surface area contributed by atoms with Crippen LogP contribution in [0, 0.1) is 0 Å². The molecule has 0 fully saturated rings. The van der Waals surface area contributed by atoms with Gasteiger partial charge in [0.2, 0.25) is 0 Å². The van der Waals surface area contributed by atoms with Gasteiger partial charge in [-0.3, -0.25) is 4.79 Å². The number of ether oxygens (including phenoxy) is 1. The Labute approximate surface area is 207 Å². The smallest absolute Gasteiger partial charge is 0.337 e. The molecule has 5 rings (SSSR count). The molecule has 0 aliphatic rings. The summed E-state index contributed by atoms with van der Waals surface area (Å²) in [6, 6.07) is 29.4. The van der Waals surface area contributed by atoms with Gasteiger partial charge in [0.05, 0.1) is 35.7 Å². The van der Waals surface area contributed by atoms with Crippen molar-refractivity contribution in [2.24, 2.45) is 5.10 Å². The second-order valence-electron chi connectivity index (χ2n) is 7.91. The zero-order valence-electron chi connectivity index (χ0n) is 19.3. The predicted octanol–water partition coefficient (Wildman–Crippen LogP) is 5.71. The number of esters is 1. The summed E-state index contributed by atoms with van der Waals surface area (Å²) in [6.07, 6.45) is 1.44. The molecule has 0 atom stereocenters. The van der Waals surface area contributed by atoms with Crippen LogP contribution in [-0.2, 0) is 4.74 Å². The van der Waals surface area contributed by atoms with E-state index >= 15 is 0 Å². The van der Waals surface area contributed by atoms with Crippen molar-refractivity contribution >= 4 is 29.0 Å². The van der Waals surface area contributed by atoms with E-state index in [4.69, 9.17) is 14.1 Å². The maximum atomic E-state index is 13.0. The number of hydrogen-bond donors (Lipinski definition) is 1. The maximum Gasteiger partial charge on any atom is 0.337 e. The van der Waals surface area contributed by atoms with Crippen LogP contribution >= 0.6 is 0 Å². The number of carbonyl (C=O) groups is 2. The molecule has 0 spiro atoms. The normalized spacial score (nSPS) is 11.0. The van der Waals surface area contributed by atoms with Crippen molar-refractivity contribution < 1.29 is 18.7 Å². The van der Waals surface area contributed by atoms with Gasteiger partial charge < -0.3 is 9.15 Å². The Hall–Kier alpha value is -5.04. The molecule has 0 unspecified atom stereocenters. The molecule has 3 aromatic carbocycles. The molecule has 0 saturated heterocycles. The monoisotopic (exact) mass is 475 g/mol. The van der Waals surface area contributed by atoms with E-state index in [1.807, 2.05) is 54.6 Å². The number of para-hydroxylation sites is 1. The van der Waals surface area contributed by atoms with Crippen molar-refractivity contribution in [2.75, 3.05) is 7.11 Å². The van der Waals surface area contributed by atoms with Crippen molar-refractivity contribution in [3.8, 4) is 22.6 Å². The second-order valence-corrected chi connectivity index (χ2v) is 7.91. The van der Waals surface area contributed by atoms with E-state index in [-0.39, 0.29) is 5.91 Å². The van der Waals surface area contributed by atoms with Crippen LogP contribution < -0.4 is 5.43 Å². The first-order valence-corrected chi connectivity index (χ1v) is 11.2. The van der Waals surface area contributed by atoms with Gasteiger partial charge in [-0.2, -0.15) is 5.10 Å². The molecule has 0 bridgehead atoms. The van der Waals surface area contributed by atoms with Crippen LogP contribution in [0.15, 0.2) is 107 Å². The lowest BCUT2D eigenvalue weighted by molar-refractivity contribution is 0.0600. The van der Waals surface area contributed by atoms with E-state index in [1.165, 1.54) is 13.3 Å². The third kappa shape index (κ3) is 4.76. The number of furan rings is 1.